The predicted molar refractivity (Wildman–Crippen MR) is 143 cm³/mol. The first-order valence-corrected chi connectivity index (χ1v) is 13.4. The van der Waals surface area contributed by atoms with Crippen molar-refractivity contribution in [2.24, 2.45) is 0 Å². The number of amides is 2. The molecule has 1 atom stereocenters. The number of carbonyl (C=O) groups excluding carboxylic acids is 3. The molecule has 0 aliphatic carbocycles. The zero-order chi connectivity index (χ0) is 26.9. The first-order chi connectivity index (χ1) is 17.8. The standard InChI is InChI=1S/C29H40N4O4/c1-6-7-8-9-13-16-23(34)33-18-17-32(19-21(33)4)28(35)26-24(29(36)37-5)25(20(2)3)30-27(31-26)22-14-11-10-12-15-22/h10-12,14-15,20-21H,6-9,13,16-19H2,1-5H3. The molecule has 1 aliphatic heterocycles. The summed E-state index contributed by atoms with van der Waals surface area (Å²) in [4.78, 5) is 52.3. The Kier molecular flexibility index (Phi) is 10.2. The Morgan fingerprint density at radius 1 is 1.03 bits per heavy atom. The maximum absolute atomic E-state index is 13.8. The van der Waals surface area contributed by atoms with E-state index in [4.69, 9.17) is 4.74 Å². The molecule has 3 rings (SSSR count). The number of aromatic nitrogens is 2. The van der Waals surface area contributed by atoms with Gasteiger partial charge in [0.1, 0.15) is 11.3 Å². The summed E-state index contributed by atoms with van der Waals surface area (Å²) in [6.07, 6.45) is 6.04. The number of rotatable bonds is 10. The third-order valence-electron chi connectivity index (χ3n) is 6.84. The molecule has 0 bridgehead atoms. The van der Waals surface area contributed by atoms with Crippen molar-refractivity contribution in [1.29, 1.82) is 0 Å². The second-order valence-corrected chi connectivity index (χ2v) is 10.0. The van der Waals surface area contributed by atoms with Crippen molar-refractivity contribution in [1.82, 2.24) is 19.8 Å². The monoisotopic (exact) mass is 508 g/mol. The SMILES string of the molecule is CCCCCCCC(=O)N1CCN(C(=O)c2nc(-c3ccccc3)nc(C(C)C)c2C(=O)OC)CC1C. The molecule has 0 saturated carbocycles. The van der Waals surface area contributed by atoms with E-state index >= 15 is 0 Å². The number of piperazine rings is 1. The molecule has 37 heavy (non-hydrogen) atoms. The highest BCUT2D eigenvalue weighted by Gasteiger charge is 2.34. The molecule has 1 saturated heterocycles. The second kappa shape index (κ2) is 13.3. The minimum atomic E-state index is -0.628. The van der Waals surface area contributed by atoms with Gasteiger partial charge in [0.05, 0.1) is 12.8 Å². The number of unbranched alkanes of at least 4 members (excludes halogenated alkanes) is 4. The molecule has 1 aliphatic rings. The quantitative estimate of drug-likeness (QED) is 0.328. The van der Waals surface area contributed by atoms with Crippen LogP contribution in [0.4, 0.5) is 0 Å². The summed E-state index contributed by atoms with van der Waals surface area (Å²) in [6.45, 7) is 9.20. The number of hydrogen-bond acceptors (Lipinski definition) is 6. The van der Waals surface area contributed by atoms with Crippen LogP contribution in [0, 0.1) is 0 Å². The van der Waals surface area contributed by atoms with E-state index in [1.54, 1.807) is 4.90 Å². The fourth-order valence-corrected chi connectivity index (χ4v) is 4.76. The van der Waals surface area contributed by atoms with Crippen LogP contribution in [0.2, 0.25) is 0 Å². The highest BCUT2D eigenvalue weighted by atomic mass is 16.5. The summed E-state index contributed by atoms with van der Waals surface area (Å²) in [7, 11) is 1.29. The topological polar surface area (TPSA) is 92.7 Å². The lowest BCUT2D eigenvalue weighted by atomic mass is 10.00. The van der Waals surface area contributed by atoms with Crippen molar-refractivity contribution < 1.29 is 19.1 Å². The van der Waals surface area contributed by atoms with E-state index in [0.29, 0.717) is 37.6 Å². The lowest BCUT2D eigenvalue weighted by Crippen LogP contribution is -2.55. The first-order valence-electron chi connectivity index (χ1n) is 13.4. The van der Waals surface area contributed by atoms with Crippen LogP contribution < -0.4 is 0 Å². The van der Waals surface area contributed by atoms with Crippen molar-refractivity contribution in [3.8, 4) is 11.4 Å². The maximum Gasteiger partial charge on any atom is 0.342 e. The minimum Gasteiger partial charge on any atom is -0.465 e. The van der Waals surface area contributed by atoms with E-state index in [1.807, 2.05) is 56.0 Å². The lowest BCUT2D eigenvalue weighted by Gasteiger charge is -2.40. The van der Waals surface area contributed by atoms with Crippen molar-refractivity contribution in [3.05, 3.63) is 47.3 Å². The van der Waals surface area contributed by atoms with Gasteiger partial charge < -0.3 is 14.5 Å². The van der Waals surface area contributed by atoms with Crippen LogP contribution in [0.3, 0.4) is 0 Å². The van der Waals surface area contributed by atoms with Crippen LogP contribution in [0.5, 0.6) is 0 Å². The molecule has 200 valence electrons. The van der Waals surface area contributed by atoms with Gasteiger partial charge in [-0.3, -0.25) is 9.59 Å². The molecule has 0 N–H and O–H groups in total. The third kappa shape index (κ3) is 6.93. The number of hydrogen-bond donors (Lipinski definition) is 0. The maximum atomic E-state index is 13.8. The highest BCUT2D eigenvalue weighted by Crippen LogP contribution is 2.27. The van der Waals surface area contributed by atoms with Crippen LogP contribution in [0.25, 0.3) is 11.4 Å². The van der Waals surface area contributed by atoms with Gasteiger partial charge in [-0.25, -0.2) is 14.8 Å². The van der Waals surface area contributed by atoms with E-state index in [1.165, 1.54) is 20.0 Å². The Bertz CT molecular complexity index is 1090. The Hall–Kier alpha value is -3.29. The number of methoxy groups -OCH3 is 1. The van der Waals surface area contributed by atoms with Crippen LogP contribution in [0.15, 0.2) is 30.3 Å². The molecule has 8 heteroatoms. The van der Waals surface area contributed by atoms with Crippen LogP contribution in [-0.4, -0.2) is 70.3 Å². The Labute approximate surface area is 220 Å². The Balaban J connectivity index is 1.85. The minimum absolute atomic E-state index is 0.0484. The van der Waals surface area contributed by atoms with E-state index in [-0.39, 0.29) is 35.0 Å². The third-order valence-corrected chi connectivity index (χ3v) is 6.84. The summed E-state index contributed by atoms with van der Waals surface area (Å²) >= 11 is 0. The van der Waals surface area contributed by atoms with E-state index in [0.717, 1.165) is 24.8 Å². The fraction of sp³-hybridized carbons (Fsp3) is 0.552. The van der Waals surface area contributed by atoms with Gasteiger partial charge in [0, 0.05) is 37.7 Å². The van der Waals surface area contributed by atoms with Crippen molar-refractivity contribution in [2.75, 3.05) is 26.7 Å². The van der Waals surface area contributed by atoms with Gasteiger partial charge in [-0.2, -0.15) is 0 Å². The molecule has 2 heterocycles. The smallest absolute Gasteiger partial charge is 0.342 e. The fourth-order valence-electron chi connectivity index (χ4n) is 4.76. The van der Waals surface area contributed by atoms with Crippen LogP contribution in [-0.2, 0) is 9.53 Å². The molecular formula is C29H40N4O4. The molecule has 0 radical (unpaired) electrons. The highest BCUT2D eigenvalue weighted by molar-refractivity contribution is 6.05. The van der Waals surface area contributed by atoms with Gasteiger partial charge in [-0.1, -0.05) is 76.8 Å². The predicted octanol–water partition coefficient (Wildman–Crippen LogP) is 5.09. The van der Waals surface area contributed by atoms with Crippen molar-refractivity contribution in [2.45, 2.75) is 78.2 Å². The van der Waals surface area contributed by atoms with E-state index in [9.17, 15) is 14.4 Å². The van der Waals surface area contributed by atoms with Gasteiger partial charge in [0.2, 0.25) is 5.91 Å². The zero-order valence-electron chi connectivity index (χ0n) is 22.8. The summed E-state index contributed by atoms with van der Waals surface area (Å²) in [6, 6.07) is 9.29. The Morgan fingerprint density at radius 3 is 2.35 bits per heavy atom. The summed E-state index contributed by atoms with van der Waals surface area (Å²) in [5.74, 6) is -0.569. The van der Waals surface area contributed by atoms with Gasteiger partial charge in [0.25, 0.3) is 5.91 Å². The average molecular weight is 509 g/mol. The number of nitrogens with zero attached hydrogens (tertiary/aromatic N) is 4. The number of ether oxygens (including phenoxy) is 1. The van der Waals surface area contributed by atoms with E-state index in [2.05, 4.69) is 16.9 Å². The summed E-state index contributed by atoms with van der Waals surface area (Å²) in [5, 5.41) is 0. The van der Waals surface area contributed by atoms with Gasteiger partial charge in [-0.15, -0.1) is 0 Å². The van der Waals surface area contributed by atoms with Crippen molar-refractivity contribution >= 4 is 17.8 Å². The molecule has 1 aromatic carbocycles. The molecular weight excluding hydrogens is 468 g/mol. The molecule has 1 unspecified atom stereocenters. The van der Waals surface area contributed by atoms with Gasteiger partial charge in [-0.05, 0) is 19.3 Å². The molecule has 1 fully saturated rings. The molecule has 2 aromatic rings. The number of benzene rings is 1. The number of carbonyl (C=O) groups is 3. The Morgan fingerprint density at radius 2 is 1.73 bits per heavy atom. The van der Waals surface area contributed by atoms with Crippen LogP contribution in [0.1, 0.15) is 98.7 Å². The lowest BCUT2D eigenvalue weighted by molar-refractivity contribution is -0.135. The van der Waals surface area contributed by atoms with Gasteiger partial charge in [0.15, 0.2) is 5.82 Å². The molecule has 2 amide bonds. The average Bonchev–Trinajstić information content (AvgIpc) is 2.91. The largest absolute Gasteiger partial charge is 0.465 e. The molecule has 0 spiro atoms. The van der Waals surface area contributed by atoms with E-state index < -0.39 is 5.97 Å². The first kappa shape index (κ1) is 28.3. The van der Waals surface area contributed by atoms with Gasteiger partial charge >= 0.3 is 5.97 Å². The summed E-state index contributed by atoms with van der Waals surface area (Å²) in [5.41, 5.74) is 1.40. The second-order valence-electron chi connectivity index (χ2n) is 10.0. The number of esters is 1. The zero-order valence-corrected chi connectivity index (χ0v) is 22.8. The van der Waals surface area contributed by atoms with Crippen LogP contribution >= 0.6 is 0 Å². The summed E-state index contributed by atoms with van der Waals surface area (Å²) < 4.78 is 5.04. The normalized spacial score (nSPS) is 15.7. The molecule has 1 aromatic heterocycles. The molecule has 8 nitrogen and oxygen atoms in total. The van der Waals surface area contributed by atoms with Crippen molar-refractivity contribution in [3.63, 3.8) is 0 Å².